The summed E-state index contributed by atoms with van der Waals surface area (Å²) in [6.07, 6.45) is 1.76. The van der Waals surface area contributed by atoms with Crippen molar-refractivity contribution in [2.24, 2.45) is 0 Å². The van der Waals surface area contributed by atoms with E-state index in [9.17, 15) is 18.4 Å². The molecule has 0 aliphatic carbocycles. The summed E-state index contributed by atoms with van der Waals surface area (Å²) < 4.78 is 25.2. The molecule has 0 saturated heterocycles. The van der Waals surface area contributed by atoms with Crippen LogP contribution in [0.1, 0.15) is 17.2 Å². The van der Waals surface area contributed by atoms with Crippen molar-refractivity contribution in [3.05, 3.63) is 65.2 Å². The smallest absolute Gasteiger partial charge is 0.233 e. The summed E-state index contributed by atoms with van der Waals surface area (Å²) in [4.78, 5) is 16.1. The summed E-state index contributed by atoms with van der Waals surface area (Å²) >= 11 is 1.49. The lowest BCUT2D eigenvalue weighted by Crippen LogP contribution is -2.30. The summed E-state index contributed by atoms with van der Waals surface area (Å²) in [5.41, 5.74) is 1.13. The van der Waals surface area contributed by atoms with Gasteiger partial charge in [0.05, 0.1) is 17.5 Å². The highest BCUT2D eigenvalue weighted by atomic mass is 32.2. The number of fused-ring (bicyclic) bond motifs is 1. The molecule has 130 valence electrons. The molecule has 0 fully saturated rings. The molecule has 6 nitrogen and oxygen atoms in total. The first-order valence-electron chi connectivity index (χ1n) is 7.48. The molecule has 1 N–H and O–H groups in total. The maximum absolute atomic E-state index is 12.6. The number of nitrogens with zero attached hydrogens (tertiary/aromatic N) is 2. The molecule has 0 radical (unpaired) electrons. The molecule has 2 aromatic heterocycles. The van der Waals surface area contributed by atoms with E-state index in [1.165, 1.54) is 11.3 Å². The summed E-state index contributed by atoms with van der Waals surface area (Å²) in [5.74, 6) is -0.588. The minimum Gasteiger partial charge on any atom is -0.285 e. The van der Waals surface area contributed by atoms with Crippen LogP contribution in [-0.4, -0.2) is 35.8 Å². The van der Waals surface area contributed by atoms with Gasteiger partial charge in [-0.05, 0) is 28.6 Å². The molecule has 3 aromatic rings. The first kappa shape index (κ1) is 17.5. The van der Waals surface area contributed by atoms with Crippen LogP contribution in [0.15, 0.2) is 54.0 Å². The summed E-state index contributed by atoms with van der Waals surface area (Å²) in [7, 11) is -3.59. The zero-order valence-corrected chi connectivity index (χ0v) is 14.8. The Morgan fingerprint density at radius 2 is 2.00 bits per heavy atom. The summed E-state index contributed by atoms with van der Waals surface area (Å²) in [6.45, 7) is 0. The third kappa shape index (κ3) is 4.22. The maximum Gasteiger partial charge on any atom is 0.233 e. The Balaban J connectivity index is 1.83. The van der Waals surface area contributed by atoms with Gasteiger partial charge in [0.2, 0.25) is 6.41 Å². The van der Waals surface area contributed by atoms with Crippen molar-refractivity contribution in [2.75, 3.05) is 5.75 Å². The average Bonchev–Trinajstić information content (AvgIpc) is 3.07. The Hall–Kier alpha value is -2.29. The number of hydrogen-bond acceptors (Lipinski definition) is 6. The van der Waals surface area contributed by atoms with Gasteiger partial charge in [0, 0.05) is 11.6 Å². The highest BCUT2D eigenvalue weighted by Crippen LogP contribution is 2.24. The van der Waals surface area contributed by atoms with Crippen LogP contribution in [0.3, 0.4) is 0 Å². The number of benzene rings is 1. The molecule has 0 unspecified atom stereocenters. The van der Waals surface area contributed by atoms with E-state index < -0.39 is 15.9 Å². The molecule has 0 aliphatic heterocycles. The topological polar surface area (TPSA) is 87.6 Å². The van der Waals surface area contributed by atoms with E-state index in [0.29, 0.717) is 16.2 Å². The predicted octanol–water partition coefficient (Wildman–Crippen LogP) is 2.80. The Labute approximate surface area is 149 Å². The number of thiophene rings is 1. The van der Waals surface area contributed by atoms with Gasteiger partial charge in [-0.3, -0.25) is 10.0 Å². The standard InChI is InChI=1S/C17H16N2O4S2/c20-12-19(21)16(14-4-2-1-3-5-14)11-25(22,23)10-13-8-15-6-7-24-17(15)18-9-13/h1-9,12,16,21H,10-11H2/t16-/m1/s1. The van der Waals surface area contributed by atoms with Crippen molar-refractivity contribution in [2.45, 2.75) is 11.8 Å². The van der Waals surface area contributed by atoms with Crippen LogP contribution < -0.4 is 0 Å². The lowest BCUT2D eigenvalue weighted by Gasteiger charge is -2.22. The van der Waals surface area contributed by atoms with Crippen LogP contribution in [0.5, 0.6) is 0 Å². The zero-order valence-electron chi connectivity index (χ0n) is 13.1. The van der Waals surface area contributed by atoms with Crippen LogP contribution in [0.25, 0.3) is 10.2 Å². The van der Waals surface area contributed by atoms with Crippen LogP contribution >= 0.6 is 11.3 Å². The van der Waals surface area contributed by atoms with Gasteiger partial charge in [-0.15, -0.1) is 11.3 Å². The predicted molar refractivity (Wildman–Crippen MR) is 96.0 cm³/mol. The SMILES string of the molecule is O=CN(O)[C@H](CS(=O)(=O)Cc1cnc2sccc2c1)c1ccccc1. The largest absolute Gasteiger partial charge is 0.285 e. The van der Waals surface area contributed by atoms with Gasteiger partial charge in [-0.2, -0.15) is 0 Å². The fourth-order valence-corrected chi connectivity index (χ4v) is 4.94. The molecule has 1 atom stereocenters. The molecule has 25 heavy (non-hydrogen) atoms. The molecule has 0 spiro atoms. The van der Waals surface area contributed by atoms with E-state index in [1.807, 2.05) is 11.4 Å². The van der Waals surface area contributed by atoms with Gasteiger partial charge < -0.3 is 0 Å². The Bertz CT molecular complexity index is 970. The molecule has 1 aromatic carbocycles. The number of aromatic nitrogens is 1. The van der Waals surface area contributed by atoms with Crippen molar-refractivity contribution in [1.82, 2.24) is 10.0 Å². The van der Waals surface area contributed by atoms with Crippen LogP contribution in [0.2, 0.25) is 0 Å². The van der Waals surface area contributed by atoms with Gasteiger partial charge in [0.1, 0.15) is 4.83 Å². The zero-order chi connectivity index (χ0) is 17.9. The van der Waals surface area contributed by atoms with E-state index >= 15 is 0 Å². The number of hydrogen-bond donors (Lipinski definition) is 1. The fourth-order valence-electron chi connectivity index (χ4n) is 2.61. The molecule has 3 rings (SSSR count). The lowest BCUT2D eigenvalue weighted by atomic mass is 10.1. The highest BCUT2D eigenvalue weighted by molar-refractivity contribution is 7.90. The number of rotatable bonds is 7. The fraction of sp³-hybridized carbons (Fsp3) is 0.176. The number of amides is 1. The third-order valence-corrected chi connectivity index (χ3v) is 6.21. The molecule has 2 heterocycles. The molecule has 0 aliphatic rings. The second-order valence-corrected chi connectivity index (χ2v) is 8.63. The van der Waals surface area contributed by atoms with E-state index in [0.717, 1.165) is 10.2 Å². The minimum absolute atomic E-state index is 0.207. The Morgan fingerprint density at radius 3 is 2.72 bits per heavy atom. The van der Waals surface area contributed by atoms with E-state index in [2.05, 4.69) is 4.98 Å². The Morgan fingerprint density at radius 1 is 1.24 bits per heavy atom. The van der Waals surface area contributed by atoms with E-state index in [1.54, 1.807) is 42.6 Å². The van der Waals surface area contributed by atoms with Gasteiger partial charge in [-0.1, -0.05) is 30.3 Å². The number of carbonyl (C=O) groups is 1. The van der Waals surface area contributed by atoms with E-state index in [-0.39, 0.29) is 17.9 Å². The van der Waals surface area contributed by atoms with Crippen molar-refractivity contribution in [3.8, 4) is 0 Å². The van der Waals surface area contributed by atoms with E-state index in [4.69, 9.17) is 0 Å². The first-order valence-corrected chi connectivity index (χ1v) is 10.2. The van der Waals surface area contributed by atoms with Crippen molar-refractivity contribution in [3.63, 3.8) is 0 Å². The Kier molecular flexibility index (Phi) is 5.12. The second-order valence-electron chi connectivity index (χ2n) is 5.63. The number of sulfone groups is 1. The third-order valence-electron chi connectivity index (χ3n) is 3.77. The molecule has 0 saturated carbocycles. The molecule has 8 heteroatoms. The first-order chi connectivity index (χ1) is 12.0. The van der Waals surface area contributed by atoms with Crippen LogP contribution in [0.4, 0.5) is 0 Å². The number of pyridine rings is 1. The van der Waals surface area contributed by atoms with Crippen molar-refractivity contribution >= 4 is 37.8 Å². The van der Waals surface area contributed by atoms with Crippen LogP contribution in [0, 0.1) is 0 Å². The normalized spacial score (nSPS) is 12.8. The number of hydroxylamine groups is 2. The average molecular weight is 376 g/mol. The number of carbonyl (C=O) groups excluding carboxylic acids is 1. The van der Waals surface area contributed by atoms with Crippen LogP contribution in [-0.2, 0) is 20.4 Å². The quantitative estimate of drug-likeness (QED) is 0.389. The van der Waals surface area contributed by atoms with Gasteiger partial charge >= 0.3 is 0 Å². The lowest BCUT2D eigenvalue weighted by molar-refractivity contribution is -0.158. The van der Waals surface area contributed by atoms with Gasteiger partial charge in [0.15, 0.2) is 9.84 Å². The maximum atomic E-state index is 12.6. The molecule has 1 amide bonds. The molecular weight excluding hydrogens is 360 g/mol. The van der Waals surface area contributed by atoms with Gasteiger partial charge in [-0.25, -0.2) is 18.5 Å². The monoisotopic (exact) mass is 376 g/mol. The second kappa shape index (κ2) is 7.30. The van der Waals surface area contributed by atoms with Gasteiger partial charge in [0.25, 0.3) is 0 Å². The summed E-state index contributed by atoms with van der Waals surface area (Å²) in [6, 6.07) is 11.3. The minimum atomic E-state index is -3.59. The molecule has 0 bridgehead atoms. The highest BCUT2D eigenvalue weighted by Gasteiger charge is 2.25. The van der Waals surface area contributed by atoms with Crippen molar-refractivity contribution < 1.29 is 18.4 Å². The molecular formula is C17H16N2O4S2. The summed E-state index contributed by atoms with van der Waals surface area (Å²) in [5, 5.41) is 13.0. The van der Waals surface area contributed by atoms with Crippen molar-refractivity contribution in [1.29, 1.82) is 0 Å².